The second-order valence-electron chi connectivity index (χ2n) is 7.28. The van der Waals surface area contributed by atoms with Crippen LogP contribution in [0.2, 0.25) is 0 Å². The van der Waals surface area contributed by atoms with E-state index in [-0.39, 0.29) is 0 Å². The van der Waals surface area contributed by atoms with Crippen molar-refractivity contribution in [1.29, 1.82) is 0 Å². The van der Waals surface area contributed by atoms with Crippen LogP contribution in [0.5, 0.6) is 0 Å². The number of likely N-dealkylation sites (tertiary alicyclic amines) is 1. The molecule has 0 aliphatic carbocycles. The summed E-state index contributed by atoms with van der Waals surface area (Å²) in [5.41, 5.74) is 1.20. The quantitative estimate of drug-likeness (QED) is 0.633. The van der Waals surface area contributed by atoms with E-state index in [9.17, 15) is 8.42 Å². The van der Waals surface area contributed by atoms with E-state index in [1.165, 1.54) is 0 Å². The molecule has 1 atom stereocenters. The van der Waals surface area contributed by atoms with Crippen LogP contribution in [0.3, 0.4) is 0 Å². The number of aryl methyl sites for hydroxylation is 1. The van der Waals surface area contributed by atoms with Gasteiger partial charge in [0.1, 0.15) is 5.01 Å². The monoisotopic (exact) mass is 432 g/mol. The SMILES string of the molecule is Cc1nc(CN2C3(CCN(Cc4nccs4)C3)c3ccccc3S2(=O)=O)cs1. The average molecular weight is 433 g/mol. The van der Waals surface area contributed by atoms with Crippen LogP contribution in [0.15, 0.2) is 46.1 Å². The average Bonchev–Trinajstić information content (AvgIpc) is 3.44. The Kier molecular flexibility index (Phi) is 4.40. The molecule has 2 aromatic heterocycles. The molecule has 0 amide bonds. The van der Waals surface area contributed by atoms with Gasteiger partial charge in [-0.05, 0) is 25.0 Å². The topological polar surface area (TPSA) is 66.4 Å². The maximum absolute atomic E-state index is 13.5. The number of benzene rings is 1. The van der Waals surface area contributed by atoms with E-state index in [0.29, 0.717) is 18.0 Å². The smallest absolute Gasteiger partial charge is 0.244 e. The van der Waals surface area contributed by atoms with Gasteiger partial charge < -0.3 is 0 Å². The summed E-state index contributed by atoms with van der Waals surface area (Å²) in [6, 6.07) is 7.47. The molecule has 0 saturated carbocycles. The van der Waals surface area contributed by atoms with Crippen molar-refractivity contribution in [3.05, 3.63) is 62.5 Å². The lowest BCUT2D eigenvalue weighted by molar-refractivity contribution is 0.183. The van der Waals surface area contributed by atoms with Crippen molar-refractivity contribution in [1.82, 2.24) is 19.2 Å². The van der Waals surface area contributed by atoms with Crippen LogP contribution in [0.4, 0.5) is 0 Å². The number of aromatic nitrogens is 2. The lowest BCUT2D eigenvalue weighted by atomic mass is 9.89. The summed E-state index contributed by atoms with van der Waals surface area (Å²) >= 11 is 3.20. The molecule has 2 aliphatic heterocycles. The predicted octanol–water partition coefficient (Wildman–Crippen LogP) is 3.21. The molecule has 28 heavy (non-hydrogen) atoms. The Morgan fingerprint density at radius 2 is 2.07 bits per heavy atom. The van der Waals surface area contributed by atoms with E-state index in [2.05, 4.69) is 14.9 Å². The Bertz CT molecular complexity index is 1110. The molecule has 1 fully saturated rings. The first-order valence-corrected chi connectivity index (χ1v) is 12.3. The van der Waals surface area contributed by atoms with Gasteiger partial charge in [-0.3, -0.25) is 4.90 Å². The van der Waals surface area contributed by atoms with E-state index in [4.69, 9.17) is 0 Å². The minimum absolute atomic E-state index is 0.312. The van der Waals surface area contributed by atoms with Crippen LogP contribution in [0.25, 0.3) is 0 Å². The van der Waals surface area contributed by atoms with E-state index in [1.807, 2.05) is 42.1 Å². The van der Waals surface area contributed by atoms with Crippen LogP contribution in [-0.4, -0.2) is 40.7 Å². The zero-order valence-corrected chi connectivity index (χ0v) is 17.9. The molecule has 0 N–H and O–H groups in total. The summed E-state index contributed by atoms with van der Waals surface area (Å²) in [4.78, 5) is 11.7. The fourth-order valence-electron chi connectivity index (χ4n) is 4.38. The zero-order valence-electron chi connectivity index (χ0n) is 15.4. The molecule has 6 nitrogen and oxygen atoms in total. The molecule has 9 heteroatoms. The highest BCUT2D eigenvalue weighted by Gasteiger charge is 2.56. The number of hydrogen-bond acceptors (Lipinski definition) is 7. The van der Waals surface area contributed by atoms with Gasteiger partial charge in [0, 0.05) is 30.0 Å². The number of nitrogens with zero attached hydrogens (tertiary/aromatic N) is 4. The molecule has 2 aliphatic rings. The fraction of sp³-hybridized carbons (Fsp3) is 0.368. The fourth-order valence-corrected chi connectivity index (χ4v) is 7.67. The number of sulfonamides is 1. The van der Waals surface area contributed by atoms with Crippen molar-refractivity contribution >= 4 is 32.7 Å². The number of rotatable bonds is 4. The molecular formula is C19H20N4O2S3. The van der Waals surface area contributed by atoms with Gasteiger partial charge in [0.25, 0.3) is 0 Å². The molecule has 5 rings (SSSR count). The standard InChI is InChI=1S/C19H20N4O2S3/c1-14-21-15(12-27-14)10-23-19(16-4-2-3-5-17(16)28(23,24)25)6-8-22(13-19)11-18-20-7-9-26-18/h2-5,7,9,12H,6,8,10-11,13H2,1H3. The van der Waals surface area contributed by atoms with Crippen molar-refractivity contribution in [3.8, 4) is 0 Å². The summed E-state index contributed by atoms with van der Waals surface area (Å²) in [6.07, 6.45) is 2.59. The van der Waals surface area contributed by atoms with Gasteiger partial charge in [0.05, 0.1) is 34.2 Å². The first kappa shape index (κ1) is 18.4. The third kappa shape index (κ3) is 2.84. The summed E-state index contributed by atoms with van der Waals surface area (Å²) < 4.78 is 28.6. The van der Waals surface area contributed by atoms with Crippen molar-refractivity contribution in [3.63, 3.8) is 0 Å². The molecule has 3 aromatic rings. The molecule has 0 radical (unpaired) electrons. The van der Waals surface area contributed by atoms with Crippen LogP contribution in [0, 0.1) is 6.92 Å². The third-order valence-corrected chi connectivity index (χ3v) is 9.13. The van der Waals surface area contributed by atoms with E-state index in [0.717, 1.165) is 40.8 Å². The Labute approximate surface area is 172 Å². The van der Waals surface area contributed by atoms with Gasteiger partial charge in [-0.15, -0.1) is 22.7 Å². The van der Waals surface area contributed by atoms with Crippen molar-refractivity contribution in [2.24, 2.45) is 0 Å². The van der Waals surface area contributed by atoms with Gasteiger partial charge in [0.2, 0.25) is 10.0 Å². The lowest BCUT2D eigenvalue weighted by Crippen LogP contribution is -2.45. The van der Waals surface area contributed by atoms with Gasteiger partial charge in [0.15, 0.2) is 0 Å². The molecule has 146 valence electrons. The summed E-state index contributed by atoms with van der Waals surface area (Å²) in [6.45, 7) is 4.53. The highest BCUT2D eigenvalue weighted by molar-refractivity contribution is 7.89. The normalized spacial score (nSPS) is 24.2. The lowest BCUT2D eigenvalue weighted by Gasteiger charge is -2.33. The van der Waals surface area contributed by atoms with Gasteiger partial charge in [-0.1, -0.05) is 18.2 Å². The molecule has 1 aromatic carbocycles. The number of fused-ring (bicyclic) bond motifs is 2. The van der Waals surface area contributed by atoms with Crippen LogP contribution >= 0.6 is 22.7 Å². The first-order chi connectivity index (χ1) is 13.5. The second-order valence-corrected chi connectivity index (χ2v) is 11.2. The predicted molar refractivity (Wildman–Crippen MR) is 110 cm³/mol. The second kappa shape index (κ2) is 6.70. The maximum atomic E-state index is 13.5. The Morgan fingerprint density at radius 1 is 1.21 bits per heavy atom. The number of hydrogen-bond donors (Lipinski definition) is 0. The van der Waals surface area contributed by atoms with Gasteiger partial charge in [-0.2, -0.15) is 4.31 Å². The zero-order chi connectivity index (χ0) is 19.4. The molecule has 0 bridgehead atoms. The summed E-state index contributed by atoms with van der Waals surface area (Å²) in [5, 5.41) is 5.96. The van der Waals surface area contributed by atoms with Crippen LogP contribution < -0.4 is 0 Å². The Balaban J connectivity index is 1.55. The number of thiazole rings is 2. The third-order valence-electron chi connectivity index (χ3n) is 5.58. The highest BCUT2D eigenvalue weighted by atomic mass is 32.2. The largest absolute Gasteiger partial charge is 0.294 e. The van der Waals surface area contributed by atoms with Gasteiger partial charge >= 0.3 is 0 Å². The van der Waals surface area contributed by atoms with E-state index < -0.39 is 15.6 Å². The Hall–Kier alpha value is -1.65. The van der Waals surface area contributed by atoms with E-state index >= 15 is 0 Å². The van der Waals surface area contributed by atoms with Crippen molar-refractivity contribution < 1.29 is 8.42 Å². The maximum Gasteiger partial charge on any atom is 0.244 e. The van der Waals surface area contributed by atoms with Gasteiger partial charge in [-0.25, -0.2) is 18.4 Å². The summed E-state index contributed by atoms with van der Waals surface area (Å²) in [5.74, 6) is 0. The van der Waals surface area contributed by atoms with Crippen LogP contribution in [0.1, 0.15) is 27.7 Å². The Morgan fingerprint density at radius 3 is 2.82 bits per heavy atom. The minimum Gasteiger partial charge on any atom is -0.294 e. The highest BCUT2D eigenvalue weighted by Crippen LogP contribution is 2.50. The molecular weight excluding hydrogens is 412 g/mol. The van der Waals surface area contributed by atoms with Crippen molar-refractivity contribution in [2.75, 3.05) is 13.1 Å². The van der Waals surface area contributed by atoms with Crippen molar-refractivity contribution in [2.45, 2.75) is 36.9 Å². The molecule has 4 heterocycles. The van der Waals surface area contributed by atoms with E-state index in [1.54, 1.807) is 33.0 Å². The summed E-state index contributed by atoms with van der Waals surface area (Å²) in [7, 11) is -3.55. The molecule has 1 unspecified atom stereocenters. The minimum atomic E-state index is -3.55. The van der Waals surface area contributed by atoms with Crippen LogP contribution in [-0.2, 0) is 28.7 Å². The first-order valence-electron chi connectivity index (χ1n) is 9.13. The molecule has 1 saturated heterocycles. The molecule has 1 spiro atoms.